The van der Waals surface area contributed by atoms with E-state index in [9.17, 15) is 9.59 Å². The maximum absolute atomic E-state index is 11.7. The molecule has 28 heavy (non-hydrogen) atoms. The molecule has 0 aromatic heterocycles. The third-order valence-corrected chi connectivity index (χ3v) is 3.79. The number of esters is 2. The molecule has 0 radical (unpaired) electrons. The van der Waals surface area contributed by atoms with Crippen molar-refractivity contribution in [3.63, 3.8) is 0 Å². The Morgan fingerprint density at radius 1 is 0.821 bits per heavy atom. The van der Waals surface area contributed by atoms with Crippen molar-refractivity contribution in [3.05, 3.63) is 58.0 Å². The van der Waals surface area contributed by atoms with Gasteiger partial charge in [-0.25, -0.2) is 9.59 Å². The van der Waals surface area contributed by atoms with Gasteiger partial charge in [-0.2, -0.15) is 0 Å². The minimum absolute atomic E-state index is 0.293. The number of fused-ring (bicyclic) bond motifs is 1. The van der Waals surface area contributed by atoms with Gasteiger partial charge in [0.2, 0.25) is 0 Å². The van der Waals surface area contributed by atoms with E-state index in [0.717, 1.165) is 0 Å². The van der Waals surface area contributed by atoms with E-state index in [1.807, 2.05) is 0 Å². The summed E-state index contributed by atoms with van der Waals surface area (Å²) < 4.78 is 20.7. The minimum atomic E-state index is -0.445. The zero-order valence-electron chi connectivity index (χ0n) is 16.3. The van der Waals surface area contributed by atoms with E-state index < -0.39 is 11.9 Å². The molecule has 0 spiro atoms. The van der Waals surface area contributed by atoms with Crippen molar-refractivity contribution in [2.75, 3.05) is 27.4 Å². The van der Waals surface area contributed by atoms with E-state index in [4.69, 9.17) is 18.9 Å². The van der Waals surface area contributed by atoms with Crippen LogP contribution in [0.1, 0.15) is 36.1 Å². The summed E-state index contributed by atoms with van der Waals surface area (Å²) in [7, 11) is 3.04. The van der Waals surface area contributed by atoms with Crippen LogP contribution in [-0.2, 0) is 28.5 Å². The molecule has 0 N–H and O–H groups in total. The third-order valence-electron chi connectivity index (χ3n) is 3.79. The molecule has 146 valence electrons. The number of methoxy groups -OCH3 is 2. The van der Waals surface area contributed by atoms with Crippen molar-refractivity contribution >= 4 is 35.6 Å². The van der Waals surface area contributed by atoms with Gasteiger partial charge < -0.3 is 18.9 Å². The fraction of sp³-hybridized carbons (Fsp3) is 0.273. The van der Waals surface area contributed by atoms with Gasteiger partial charge in [0.1, 0.15) is 0 Å². The van der Waals surface area contributed by atoms with Gasteiger partial charge in [-0.3, -0.25) is 0 Å². The van der Waals surface area contributed by atoms with Crippen LogP contribution in [0.4, 0.5) is 0 Å². The van der Waals surface area contributed by atoms with Crippen molar-refractivity contribution in [2.45, 2.75) is 13.8 Å². The number of carbonyl (C=O) groups is 2. The Morgan fingerprint density at radius 2 is 1.21 bits per heavy atom. The molecule has 0 amide bonds. The summed E-state index contributed by atoms with van der Waals surface area (Å²) in [4.78, 5) is 23.4. The van der Waals surface area contributed by atoms with E-state index in [0.29, 0.717) is 47.0 Å². The van der Waals surface area contributed by atoms with Crippen LogP contribution in [0.25, 0.3) is 23.7 Å². The molecular weight excluding hydrogens is 360 g/mol. The molecule has 1 aromatic rings. The predicted octanol–water partition coefficient (Wildman–Crippen LogP) is 3.58. The molecule has 0 saturated heterocycles. The molecule has 0 fully saturated rings. The van der Waals surface area contributed by atoms with E-state index in [2.05, 4.69) is 11.5 Å². The van der Waals surface area contributed by atoms with Crippen LogP contribution in [0.3, 0.4) is 0 Å². The summed E-state index contributed by atoms with van der Waals surface area (Å²) in [6, 6.07) is 3.61. The van der Waals surface area contributed by atoms with Crippen molar-refractivity contribution in [2.24, 2.45) is 0 Å². The Balaban J connectivity index is 2.59. The highest BCUT2D eigenvalue weighted by Gasteiger charge is 2.22. The number of carbonyl (C=O) groups excluding carboxylic acids is 2. The second kappa shape index (κ2) is 10.0. The normalized spacial score (nSPS) is 12.4. The molecule has 1 aromatic carbocycles. The maximum Gasteiger partial charge on any atom is 0.330 e. The lowest BCUT2D eigenvalue weighted by Gasteiger charge is -2.18. The first-order valence-electron chi connectivity index (χ1n) is 8.76. The van der Waals surface area contributed by atoms with Crippen LogP contribution >= 0.6 is 0 Å². The topological polar surface area (TPSA) is 71.1 Å². The van der Waals surface area contributed by atoms with Gasteiger partial charge in [-0.1, -0.05) is 12.1 Å². The highest BCUT2D eigenvalue weighted by molar-refractivity contribution is 5.93. The maximum atomic E-state index is 11.7. The molecule has 0 heterocycles. The molecule has 1 aliphatic carbocycles. The van der Waals surface area contributed by atoms with Crippen LogP contribution in [0.15, 0.2) is 35.7 Å². The minimum Gasteiger partial charge on any atom is -0.488 e. The van der Waals surface area contributed by atoms with Crippen molar-refractivity contribution in [1.82, 2.24) is 0 Å². The Kier molecular flexibility index (Phi) is 7.46. The number of rotatable bonds is 8. The Bertz CT molecular complexity index is 848. The van der Waals surface area contributed by atoms with Crippen molar-refractivity contribution in [3.8, 4) is 0 Å². The van der Waals surface area contributed by atoms with Gasteiger partial charge in [0.15, 0.2) is 11.5 Å². The van der Waals surface area contributed by atoms with E-state index >= 15 is 0 Å². The van der Waals surface area contributed by atoms with Gasteiger partial charge >= 0.3 is 11.9 Å². The van der Waals surface area contributed by atoms with E-state index in [1.165, 1.54) is 26.4 Å². The Morgan fingerprint density at radius 3 is 1.54 bits per heavy atom. The van der Waals surface area contributed by atoms with Crippen LogP contribution in [-0.4, -0.2) is 39.4 Å². The SMILES string of the molecule is CCOC(=O)/C=C/c1ccc(/C=C/C(=O)OCC)c2c1C(OC)=C=C=C2OC. The first kappa shape index (κ1) is 20.8. The van der Waals surface area contributed by atoms with E-state index in [-0.39, 0.29) is 0 Å². The Hall–Kier alpha value is -3.46. The lowest BCUT2D eigenvalue weighted by atomic mass is 9.91. The molecule has 2 rings (SSSR count). The second-order valence-electron chi connectivity index (χ2n) is 5.48. The highest BCUT2D eigenvalue weighted by atomic mass is 16.5. The lowest BCUT2D eigenvalue weighted by Crippen LogP contribution is -2.05. The molecule has 0 atom stereocenters. The van der Waals surface area contributed by atoms with Crippen LogP contribution in [0.5, 0.6) is 0 Å². The average molecular weight is 382 g/mol. The summed E-state index contributed by atoms with van der Waals surface area (Å²) in [6.07, 6.45) is 5.95. The van der Waals surface area contributed by atoms with Gasteiger partial charge in [0, 0.05) is 23.3 Å². The standard InChI is InChI=1S/C22H22O6/c1-5-27-19(23)13-9-15-7-8-16(10-14-20(24)28-6-2)22-18(26-4)12-11-17(25-3)21(15)22/h7-10,13-14H,5-6H2,1-4H3/b13-9+,14-10+. The van der Waals surface area contributed by atoms with Crippen molar-refractivity contribution in [1.29, 1.82) is 0 Å². The highest BCUT2D eigenvalue weighted by Crippen LogP contribution is 2.35. The molecule has 6 heteroatoms. The molecule has 0 aliphatic heterocycles. The lowest BCUT2D eigenvalue weighted by molar-refractivity contribution is -0.138. The Labute approximate surface area is 164 Å². The zero-order chi connectivity index (χ0) is 20.5. The first-order valence-corrected chi connectivity index (χ1v) is 8.76. The molecule has 0 unspecified atom stereocenters. The summed E-state index contributed by atoms with van der Waals surface area (Å²) in [6.45, 7) is 4.07. The fourth-order valence-corrected chi connectivity index (χ4v) is 2.64. The number of benzene rings is 1. The van der Waals surface area contributed by atoms with Gasteiger partial charge in [0.05, 0.1) is 27.4 Å². The quantitative estimate of drug-likeness (QED) is 0.389. The summed E-state index contributed by atoms with van der Waals surface area (Å²) in [5.74, 6) is -0.0185. The monoisotopic (exact) mass is 382 g/mol. The molecule has 1 aliphatic rings. The van der Waals surface area contributed by atoms with Crippen LogP contribution < -0.4 is 0 Å². The summed E-state index contributed by atoms with van der Waals surface area (Å²) in [5.41, 5.74) is 8.57. The first-order chi connectivity index (χ1) is 13.5. The second-order valence-corrected chi connectivity index (χ2v) is 5.48. The van der Waals surface area contributed by atoms with Gasteiger partial charge in [0.25, 0.3) is 0 Å². The van der Waals surface area contributed by atoms with Crippen LogP contribution in [0.2, 0.25) is 0 Å². The largest absolute Gasteiger partial charge is 0.488 e. The third kappa shape index (κ3) is 4.83. The molecule has 0 saturated carbocycles. The summed E-state index contributed by atoms with van der Waals surface area (Å²) in [5, 5.41) is 0. The average Bonchev–Trinajstić information content (AvgIpc) is 2.70. The van der Waals surface area contributed by atoms with Gasteiger partial charge in [-0.05, 0) is 48.6 Å². The fourth-order valence-electron chi connectivity index (χ4n) is 2.64. The number of hydrogen-bond acceptors (Lipinski definition) is 6. The van der Waals surface area contributed by atoms with Gasteiger partial charge in [-0.15, -0.1) is 0 Å². The molecule has 0 bridgehead atoms. The van der Waals surface area contributed by atoms with Crippen LogP contribution in [0, 0.1) is 0 Å². The van der Waals surface area contributed by atoms with Crippen molar-refractivity contribution < 1.29 is 28.5 Å². The molecular formula is C22H22O6. The number of ether oxygens (including phenoxy) is 4. The summed E-state index contributed by atoms with van der Waals surface area (Å²) >= 11 is 0. The molecule has 6 nitrogen and oxygen atoms in total. The smallest absolute Gasteiger partial charge is 0.330 e. The zero-order valence-corrected chi connectivity index (χ0v) is 16.3. The number of hydrogen-bond donors (Lipinski definition) is 0. The predicted molar refractivity (Wildman–Crippen MR) is 106 cm³/mol. The van der Waals surface area contributed by atoms with E-state index in [1.54, 1.807) is 38.1 Å².